The lowest BCUT2D eigenvalue weighted by Crippen LogP contribution is -2.42. The molecule has 0 atom stereocenters. The van der Waals surface area contributed by atoms with Crippen molar-refractivity contribution >= 4 is 16.9 Å². The zero-order valence-electron chi connectivity index (χ0n) is 12.6. The molecule has 3 heterocycles. The molecule has 0 spiro atoms. The van der Waals surface area contributed by atoms with Gasteiger partial charge in [0.1, 0.15) is 6.54 Å². The number of carbonyl (C=O) groups excluding carboxylic acids is 1. The number of rotatable bonds is 3. The predicted molar refractivity (Wildman–Crippen MR) is 84.8 cm³/mol. The first-order chi connectivity index (χ1) is 11.3. The zero-order chi connectivity index (χ0) is 15.6. The van der Waals surface area contributed by atoms with Crippen LogP contribution in [0.3, 0.4) is 0 Å². The van der Waals surface area contributed by atoms with Crippen LogP contribution < -0.4 is 0 Å². The van der Waals surface area contributed by atoms with Gasteiger partial charge in [0, 0.05) is 13.1 Å². The van der Waals surface area contributed by atoms with Crippen LogP contribution in [-0.4, -0.2) is 46.7 Å². The fraction of sp³-hybridized carbons (Fsp3) is 0.294. The molecule has 0 unspecified atom stereocenters. The number of amides is 1. The zero-order valence-corrected chi connectivity index (χ0v) is 12.6. The summed E-state index contributed by atoms with van der Waals surface area (Å²) in [6.07, 6.45) is 1.61. The Labute approximate surface area is 133 Å². The van der Waals surface area contributed by atoms with Crippen molar-refractivity contribution in [3.05, 3.63) is 42.7 Å². The second-order valence-corrected chi connectivity index (χ2v) is 5.48. The first-order valence-corrected chi connectivity index (χ1v) is 7.67. The monoisotopic (exact) mass is 311 g/mol. The van der Waals surface area contributed by atoms with Crippen molar-refractivity contribution in [3.63, 3.8) is 0 Å². The number of hydrogen-bond acceptors (Lipinski definition) is 4. The van der Waals surface area contributed by atoms with Gasteiger partial charge in [-0.3, -0.25) is 4.79 Å². The highest BCUT2D eigenvalue weighted by Crippen LogP contribution is 2.25. The normalized spacial score (nSPS) is 15.2. The molecule has 6 nitrogen and oxygen atoms in total. The molecule has 3 aromatic rings. The van der Waals surface area contributed by atoms with Crippen molar-refractivity contribution in [3.8, 4) is 11.6 Å². The highest BCUT2D eigenvalue weighted by Gasteiger charge is 2.21. The number of hydrogen-bond donors (Lipinski definition) is 0. The van der Waals surface area contributed by atoms with Crippen LogP contribution in [0.15, 0.2) is 47.1 Å². The lowest BCUT2D eigenvalue weighted by molar-refractivity contribution is -0.135. The minimum atomic E-state index is 0.0734. The number of benzene rings is 1. The SMILES string of the molecule is O=C(Cn1c(-c2ccco2)nc2ccccc21)N1CCOCC1. The molecular weight excluding hydrogens is 294 g/mol. The van der Waals surface area contributed by atoms with Crippen LogP contribution in [0.4, 0.5) is 0 Å². The van der Waals surface area contributed by atoms with E-state index in [4.69, 9.17) is 9.15 Å². The van der Waals surface area contributed by atoms with E-state index in [9.17, 15) is 4.79 Å². The number of fused-ring (bicyclic) bond motifs is 1. The summed E-state index contributed by atoms with van der Waals surface area (Å²) >= 11 is 0. The largest absolute Gasteiger partial charge is 0.461 e. The average molecular weight is 311 g/mol. The van der Waals surface area contributed by atoms with Crippen molar-refractivity contribution < 1.29 is 13.9 Å². The molecule has 118 valence electrons. The summed E-state index contributed by atoms with van der Waals surface area (Å²) in [6.45, 7) is 2.72. The molecule has 0 N–H and O–H groups in total. The fourth-order valence-corrected chi connectivity index (χ4v) is 2.88. The number of nitrogens with zero attached hydrogens (tertiary/aromatic N) is 3. The van der Waals surface area contributed by atoms with Crippen molar-refractivity contribution in [1.82, 2.24) is 14.5 Å². The molecule has 1 aliphatic heterocycles. The Kier molecular flexibility index (Phi) is 3.59. The summed E-state index contributed by atoms with van der Waals surface area (Å²) in [6, 6.07) is 11.5. The quantitative estimate of drug-likeness (QED) is 0.743. The number of carbonyl (C=O) groups is 1. The van der Waals surface area contributed by atoms with Gasteiger partial charge in [-0.25, -0.2) is 4.98 Å². The van der Waals surface area contributed by atoms with Crippen molar-refractivity contribution in [2.75, 3.05) is 26.3 Å². The molecule has 0 aliphatic carbocycles. The standard InChI is InChI=1S/C17H17N3O3/c21-16(19-7-10-22-11-8-19)12-20-14-5-2-1-4-13(14)18-17(20)15-6-3-9-23-15/h1-6,9H,7-8,10-12H2. The Morgan fingerprint density at radius 2 is 1.96 bits per heavy atom. The highest BCUT2D eigenvalue weighted by atomic mass is 16.5. The van der Waals surface area contributed by atoms with Crippen molar-refractivity contribution in [2.24, 2.45) is 0 Å². The maximum atomic E-state index is 12.6. The molecule has 0 radical (unpaired) electrons. The van der Waals surface area contributed by atoms with E-state index in [1.165, 1.54) is 0 Å². The molecule has 1 fully saturated rings. The Hall–Kier alpha value is -2.60. The molecule has 4 rings (SSSR count). The van der Waals surface area contributed by atoms with Crippen molar-refractivity contribution in [1.29, 1.82) is 0 Å². The van der Waals surface area contributed by atoms with Gasteiger partial charge in [-0.15, -0.1) is 0 Å². The van der Waals surface area contributed by atoms with Gasteiger partial charge in [0.25, 0.3) is 0 Å². The van der Waals surface area contributed by atoms with Gasteiger partial charge in [0.15, 0.2) is 11.6 Å². The van der Waals surface area contributed by atoms with E-state index < -0.39 is 0 Å². The van der Waals surface area contributed by atoms with Crippen LogP contribution in [-0.2, 0) is 16.1 Å². The van der Waals surface area contributed by atoms with Gasteiger partial charge in [-0.05, 0) is 24.3 Å². The lowest BCUT2D eigenvalue weighted by Gasteiger charge is -2.27. The predicted octanol–water partition coefficient (Wildman–Crippen LogP) is 2.16. The Balaban J connectivity index is 1.72. The van der Waals surface area contributed by atoms with E-state index in [1.54, 1.807) is 6.26 Å². The summed E-state index contributed by atoms with van der Waals surface area (Å²) in [4.78, 5) is 19.1. The summed E-state index contributed by atoms with van der Waals surface area (Å²) in [7, 11) is 0. The van der Waals surface area contributed by atoms with Gasteiger partial charge < -0.3 is 18.6 Å². The first-order valence-electron chi connectivity index (χ1n) is 7.67. The molecule has 6 heteroatoms. The maximum absolute atomic E-state index is 12.6. The van der Waals surface area contributed by atoms with E-state index in [2.05, 4.69) is 4.98 Å². The third-order valence-electron chi connectivity index (χ3n) is 4.05. The molecule has 0 saturated carbocycles. The molecule has 23 heavy (non-hydrogen) atoms. The van der Waals surface area contributed by atoms with E-state index in [-0.39, 0.29) is 12.5 Å². The molecule has 1 saturated heterocycles. The summed E-state index contributed by atoms with van der Waals surface area (Å²) in [5.41, 5.74) is 1.79. The van der Waals surface area contributed by atoms with E-state index in [1.807, 2.05) is 45.9 Å². The van der Waals surface area contributed by atoms with Gasteiger partial charge in [-0.2, -0.15) is 0 Å². The smallest absolute Gasteiger partial charge is 0.242 e. The summed E-state index contributed by atoms with van der Waals surface area (Å²) < 4.78 is 12.7. The van der Waals surface area contributed by atoms with E-state index in [0.29, 0.717) is 37.9 Å². The summed E-state index contributed by atoms with van der Waals surface area (Å²) in [5.74, 6) is 1.41. The van der Waals surface area contributed by atoms with E-state index in [0.717, 1.165) is 11.0 Å². The second-order valence-electron chi connectivity index (χ2n) is 5.48. The number of furan rings is 1. The fourth-order valence-electron chi connectivity index (χ4n) is 2.88. The van der Waals surface area contributed by atoms with Gasteiger partial charge >= 0.3 is 0 Å². The Bertz CT molecular complexity index is 817. The molecule has 1 amide bonds. The van der Waals surface area contributed by atoms with Crippen LogP contribution in [0.2, 0.25) is 0 Å². The Morgan fingerprint density at radius 3 is 2.74 bits per heavy atom. The maximum Gasteiger partial charge on any atom is 0.242 e. The summed E-state index contributed by atoms with van der Waals surface area (Å²) in [5, 5.41) is 0. The number of aromatic nitrogens is 2. The van der Waals surface area contributed by atoms with Crippen LogP contribution in [0.5, 0.6) is 0 Å². The number of para-hydroxylation sites is 2. The van der Waals surface area contributed by atoms with Gasteiger partial charge in [0.05, 0.1) is 30.5 Å². The van der Waals surface area contributed by atoms with Gasteiger partial charge in [0.2, 0.25) is 5.91 Å². The lowest BCUT2D eigenvalue weighted by atomic mass is 10.3. The third-order valence-corrected chi connectivity index (χ3v) is 4.05. The van der Waals surface area contributed by atoms with Crippen LogP contribution in [0.1, 0.15) is 0 Å². The van der Waals surface area contributed by atoms with Crippen LogP contribution in [0, 0.1) is 0 Å². The van der Waals surface area contributed by atoms with Crippen LogP contribution in [0.25, 0.3) is 22.6 Å². The minimum Gasteiger partial charge on any atom is -0.461 e. The molecule has 2 aromatic heterocycles. The topological polar surface area (TPSA) is 60.5 Å². The molecular formula is C17H17N3O3. The second kappa shape index (κ2) is 5.89. The first kappa shape index (κ1) is 14.0. The number of morpholine rings is 1. The molecule has 1 aromatic carbocycles. The van der Waals surface area contributed by atoms with Crippen molar-refractivity contribution in [2.45, 2.75) is 6.54 Å². The average Bonchev–Trinajstić information content (AvgIpc) is 3.24. The minimum absolute atomic E-state index is 0.0734. The Morgan fingerprint density at radius 1 is 1.13 bits per heavy atom. The molecule has 0 bridgehead atoms. The van der Waals surface area contributed by atoms with Crippen LogP contribution >= 0.6 is 0 Å². The number of ether oxygens (including phenoxy) is 1. The van der Waals surface area contributed by atoms with E-state index >= 15 is 0 Å². The molecule has 1 aliphatic rings. The highest BCUT2D eigenvalue weighted by molar-refractivity contribution is 5.84. The third kappa shape index (κ3) is 2.61. The van der Waals surface area contributed by atoms with Gasteiger partial charge in [-0.1, -0.05) is 12.1 Å². The number of imidazole rings is 1.